The van der Waals surface area contributed by atoms with E-state index in [-0.39, 0.29) is 26.5 Å². The topological polar surface area (TPSA) is 54.1 Å². The van der Waals surface area contributed by atoms with E-state index in [9.17, 15) is 0 Å². The van der Waals surface area contributed by atoms with E-state index in [1.165, 1.54) is 5.56 Å². The molecule has 0 aliphatic heterocycles. The summed E-state index contributed by atoms with van der Waals surface area (Å²) in [6, 6.07) is 37.9. The maximum absolute atomic E-state index is 6.43. The van der Waals surface area contributed by atoms with Gasteiger partial charge in [0.25, 0.3) is 0 Å². The Morgan fingerprint density at radius 1 is 0.812 bits per heavy atom. The molecule has 7 aromatic rings. The fourth-order valence-corrected chi connectivity index (χ4v) is 6.23. The quantitative estimate of drug-likeness (QED) is 0.144. The zero-order valence-electron chi connectivity index (χ0n) is 28.1. The number of ether oxygens (including phenoxy) is 2. The van der Waals surface area contributed by atoms with Crippen LogP contribution in [0, 0.1) is 31.4 Å². The Bertz CT molecular complexity index is 2230. The average Bonchev–Trinajstić information content (AvgIpc) is 3.56. The fraction of sp³-hybridized carbons (Fsp3) is 0.220. The van der Waals surface area contributed by atoms with Gasteiger partial charge in [0.05, 0.1) is 12.8 Å². The molecule has 0 aliphatic rings. The summed E-state index contributed by atoms with van der Waals surface area (Å²) in [6.45, 7) is 11.0. The normalized spacial score (nSPS) is 11.5. The van der Waals surface area contributed by atoms with E-state index in [0.29, 0.717) is 11.5 Å². The van der Waals surface area contributed by atoms with Crippen LogP contribution in [0.2, 0.25) is 0 Å². The minimum atomic E-state index is 0. The standard InChI is InChI=1S/C41H38N4O2.Pt/c1-27-40(30-11-8-7-9-12-30)28(2)45(43-27)31-13-10-14-33(24-31)47-34-16-17-35-36-23-29(19-21-41(3,4)5)15-18-37(36)44(38(35)25-34)39-26-32(46-6)20-22-42-39;/h7-18,20,22-23,26H,19,21H2,1-6H3;/q-2;+2. The van der Waals surface area contributed by atoms with Crippen molar-refractivity contribution in [3.8, 4) is 39.9 Å². The van der Waals surface area contributed by atoms with Gasteiger partial charge >= 0.3 is 21.1 Å². The van der Waals surface area contributed by atoms with Crippen LogP contribution in [0.25, 0.3) is 44.4 Å². The van der Waals surface area contributed by atoms with Crippen molar-refractivity contribution in [2.24, 2.45) is 5.41 Å². The van der Waals surface area contributed by atoms with E-state index in [1.807, 2.05) is 54.1 Å². The van der Waals surface area contributed by atoms with Crippen LogP contribution < -0.4 is 9.47 Å². The minimum absolute atomic E-state index is 0. The summed E-state index contributed by atoms with van der Waals surface area (Å²) < 4.78 is 16.0. The van der Waals surface area contributed by atoms with Gasteiger partial charge in [-0.1, -0.05) is 68.8 Å². The zero-order chi connectivity index (χ0) is 32.7. The van der Waals surface area contributed by atoms with Crippen molar-refractivity contribution in [3.63, 3.8) is 0 Å². The minimum Gasteiger partial charge on any atom is -0.509 e. The third-order valence-electron chi connectivity index (χ3n) is 8.61. The molecule has 3 aromatic heterocycles. The van der Waals surface area contributed by atoms with E-state index in [1.54, 1.807) is 13.3 Å². The number of hydrogen-bond acceptors (Lipinski definition) is 4. The van der Waals surface area contributed by atoms with Crippen molar-refractivity contribution in [1.82, 2.24) is 19.3 Å². The Hall–Kier alpha value is -4.67. The van der Waals surface area contributed by atoms with Gasteiger partial charge in [-0.2, -0.15) is 17.2 Å². The molecule has 0 N–H and O–H groups in total. The molecule has 0 bridgehead atoms. The number of aromatic nitrogens is 4. The van der Waals surface area contributed by atoms with Crippen molar-refractivity contribution < 1.29 is 30.5 Å². The van der Waals surface area contributed by atoms with Crippen molar-refractivity contribution in [2.45, 2.75) is 47.5 Å². The van der Waals surface area contributed by atoms with Gasteiger partial charge in [0.2, 0.25) is 0 Å². The summed E-state index contributed by atoms with van der Waals surface area (Å²) >= 11 is 0. The maximum Gasteiger partial charge on any atom is 2.00 e. The number of nitrogens with zero attached hydrogens (tertiary/aromatic N) is 4. The summed E-state index contributed by atoms with van der Waals surface area (Å²) in [5.74, 6) is 2.67. The summed E-state index contributed by atoms with van der Waals surface area (Å²) in [6.07, 6.45) is 3.90. The zero-order valence-corrected chi connectivity index (χ0v) is 30.3. The molecule has 4 aromatic carbocycles. The van der Waals surface area contributed by atoms with Crippen LogP contribution in [0.15, 0.2) is 97.2 Å². The van der Waals surface area contributed by atoms with Crippen LogP contribution in [-0.2, 0) is 27.5 Å². The number of pyridine rings is 1. The third kappa shape index (κ3) is 6.55. The van der Waals surface area contributed by atoms with Crippen LogP contribution in [0.1, 0.15) is 44.1 Å². The molecule has 0 aliphatic carbocycles. The molecule has 0 spiro atoms. The Morgan fingerprint density at radius 2 is 1.60 bits per heavy atom. The van der Waals surface area contributed by atoms with Crippen molar-refractivity contribution in [3.05, 3.63) is 126 Å². The summed E-state index contributed by atoms with van der Waals surface area (Å²) in [5, 5.41) is 7.11. The Balaban J connectivity index is 0.00000401. The van der Waals surface area contributed by atoms with Gasteiger partial charge in [0.1, 0.15) is 11.6 Å². The SMILES string of the molecule is COc1ccnc(-n2c3[c-]c(Oc4[c-]c(-n5nc(C)c(-c6ccccc6)c5C)ccc4)ccc3c3cc(CCC(C)(C)C)ccc32)c1.[Pt+2]. The molecule has 244 valence electrons. The molecule has 7 rings (SSSR count). The number of rotatable bonds is 8. The number of benzene rings is 4. The van der Waals surface area contributed by atoms with Gasteiger partial charge in [0.15, 0.2) is 0 Å². The molecule has 0 fully saturated rings. The van der Waals surface area contributed by atoms with Gasteiger partial charge in [0, 0.05) is 40.5 Å². The molecule has 3 heterocycles. The van der Waals surface area contributed by atoms with Crippen LogP contribution in [-0.4, -0.2) is 26.4 Å². The average molecular weight is 814 g/mol. The molecule has 48 heavy (non-hydrogen) atoms. The molecule has 0 unspecified atom stereocenters. The van der Waals surface area contributed by atoms with Crippen molar-refractivity contribution in [2.75, 3.05) is 7.11 Å². The molecular formula is C41H38N4O2Pt. The van der Waals surface area contributed by atoms with E-state index in [0.717, 1.165) is 74.4 Å². The van der Waals surface area contributed by atoms with Crippen LogP contribution in [0.3, 0.4) is 0 Å². The van der Waals surface area contributed by atoms with Crippen LogP contribution >= 0.6 is 0 Å². The summed E-state index contributed by atoms with van der Waals surface area (Å²) in [5.41, 5.74) is 8.62. The first-order valence-corrected chi connectivity index (χ1v) is 16.0. The van der Waals surface area contributed by atoms with Crippen molar-refractivity contribution in [1.29, 1.82) is 0 Å². The molecule has 0 radical (unpaired) electrons. The van der Waals surface area contributed by atoms with E-state index in [2.05, 4.69) is 92.9 Å². The van der Waals surface area contributed by atoms with E-state index < -0.39 is 0 Å². The first-order valence-electron chi connectivity index (χ1n) is 16.0. The van der Waals surface area contributed by atoms with Gasteiger partial charge < -0.3 is 14.0 Å². The first-order chi connectivity index (χ1) is 22.7. The monoisotopic (exact) mass is 813 g/mol. The molecule has 0 saturated heterocycles. The first kappa shape index (κ1) is 33.2. The van der Waals surface area contributed by atoms with Gasteiger partial charge in [-0.25, -0.2) is 4.98 Å². The van der Waals surface area contributed by atoms with Crippen LogP contribution in [0.5, 0.6) is 17.2 Å². The smallest absolute Gasteiger partial charge is 0.509 e. The van der Waals surface area contributed by atoms with Crippen molar-refractivity contribution >= 4 is 21.8 Å². The van der Waals surface area contributed by atoms with Gasteiger partial charge in [-0.15, -0.1) is 35.7 Å². The predicted octanol–water partition coefficient (Wildman–Crippen LogP) is 10.0. The predicted molar refractivity (Wildman–Crippen MR) is 189 cm³/mol. The Morgan fingerprint density at radius 3 is 2.38 bits per heavy atom. The van der Waals surface area contributed by atoms with Gasteiger partial charge in [-0.05, 0) is 66.4 Å². The number of fused-ring (bicyclic) bond motifs is 3. The van der Waals surface area contributed by atoms with E-state index >= 15 is 0 Å². The summed E-state index contributed by atoms with van der Waals surface area (Å²) in [4.78, 5) is 4.73. The molecule has 0 atom stereocenters. The Labute approximate surface area is 296 Å². The van der Waals surface area contributed by atoms with Gasteiger partial charge in [-0.3, -0.25) is 4.68 Å². The molecule has 0 saturated carbocycles. The fourth-order valence-electron chi connectivity index (χ4n) is 6.23. The molecule has 7 heteroatoms. The molecule has 6 nitrogen and oxygen atoms in total. The number of aryl methyl sites for hydroxylation is 2. The third-order valence-corrected chi connectivity index (χ3v) is 8.61. The maximum atomic E-state index is 6.43. The second-order valence-electron chi connectivity index (χ2n) is 13.2. The number of methoxy groups -OCH3 is 1. The van der Waals surface area contributed by atoms with Crippen LogP contribution in [0.4, 0.5) is 0 Å². The number of hydrogen-bond donors (Lipinski definition) is 0. The molecular weight excluding hydrogens is 776 g/mol. The second-order valence-corrected chi connectivity index (χ2v) is 13.2. The Kier molecular flexibility index (Phi) is 9.31. The largest absolute Gasteiger partial charge is 2.00 e. The van der Waals surface area contributed by atoms with E-state index in [4.69, 9.17) is 19.6 Å². The molecule has 0 amide bonds. The summed E-state index contributed by atoms with van der Waals surface area (Å²) in [7, 11) is 1.67. The second kappa shape index (κ2) is 13.4.